The van der Waals surface area contributed by atoms with Gasteiger partial charge in [0.15, 0.2) is 5.65 Å². The number of imidazole rings is 1. The number of hydrogen-bond donors (Lipinski definition) is 1. The number of aromatic nitrogens is 4. The van der Waals surface area contributed by atoms with Crippen molar-refractivity contribution in [1.82, 2.24) is 19.1 Å². The van der Waals surface area contributed by atoms with E-state index in [-0.39, 0.29) is 12.2 Å². The molecular formula is C27H25F3N4O. The molecule has 0 aliphatic heterocycles. The Kier molecular flexibility index (Phi) is 5.34. The van der Waals surface area contributed by atoms with Gasteiger partial charge in [-0.25, -0.2) is 9.78 Å². The largest absolute Gasteiger partial charge is 0.389 e. The summed E-state index contributed by atoms with van der Waals surface area (Å²) in [5.41, 5.74) is 4.18. The molecule has 0 saturated heterocycles. The van der Waals surface area contributed by atoms with E-state index in [0.717, 1.165) is 27.6 Å². The van der Waals surface area contributed by atoms with Crippen molar-refractivity contribution in [2.45, 2.75) is 33.0 Å². The van der Waals surface area contributed by atoms with Crippen LogP contribution < -0.4 is 5.69 Å². The molecule has 3 heterocycles. The van der Waals surface area contributed by atoms with Crippen molar-refractivity contribution in [2.24, 2.45) is 12.5 Å². The highest BCUT2D eigenvalue weighted by molar-refractivity contribution is 5.98. The molecule has 5 rings (SSSR count). The smallest absolute Gasteiger partial charge is 0.361 e. The Bertz CT molecular complexity index is 1590. The molecular weight excluding hydrogens is 453 g/mol. The van der Waals surface area contributed by atoms with E-state index in [4.69, 9.17) is 4.98 Å². The fraction of sp³-hybridized carbons (Fsp3) is 0.259. The summed E-state index contributed by atoms with van der Waals surface area (Å²) in [6, 6.07) is 19.7. The van der Waals surface area contributed by atoms with Crippen molar-refractivity contribution in [3.05, 3.63) is 77.3 Å². The van der Waals surface area contributed by atoms with E-state index in [2.05, 4.69) is 23.2 Å². The number of pyridine rings is 1. The van der Waals surface area contributed by atoms with E-state index in [1.165, 1.54) is 23.0 Å². The SMILES string of the molecule is Cn1c(=O)n(CC(C)(C)CC(F)(F)F)c2ccc(-c3ccc4[nH]cc(-c5ccccc5)c4c3)nc21. The maximum Gasteiger partial charge on any atom is 0.389 e. The van der Waals surface area contributed by atoms with Gasteiger partial charge in [-0.3, -0.25) is 9.13 Å². The van der Waals surface area contributed by atoms with Crippen molar-refractivity contribution in [2.75, 3.05) is 0 Å². The van der Waals surface area contributed by atoms with Gasteiger partial charge in [-0.1, -0.05) is 50.2 Å². The molecule has 0 aliphatic rings. The van der Waals surface area contributed by atoms with Crippen LogP contribution in [-0.4, -0.2) is 25.3 Å². The van der Waals surface area contributed by atoms with Crippen LogP contribution in [0.2, 0.25) is 0 Å². The molecule has 35 heavy (non-hydrogen) atoms. The minimum Gasteiger partial charge on any atom is -0.361 e. The van der Waals surface area contributed by atoms with Crippen LogP contribution >= 0.6 is 0 Å². The first-order valence-electron chi connectivity index (χ1n) is 11.3. The molecule has 0 amide bonds. The first-order chi connectivity index (χ1) is 16.5. The highest BCUT2D eigenvalue weighted by Crippen LogP contribution is 2.35. The van der Waals surface area contributed by atoms with Gasteiger partial charge in [-0.15, -0.1) is 0 Å². The van der Waals surface area contributed by atoms with Gasteiger partial charge in [0.25, 0.3) is 0 Å². The van der Waals surface area contributed by atoms with E-state index in [1.807, 2.05) is 42.6 Å². The number of benzene rings is 2. The van der Waals surface area contributed by atoms with E-state index in [0.29, 0.717) is 16.9 Å². The fourth-order valence-corrected chi connectivity index (χ4v) is 4.75. The first kappa shape index (κ1) is 23.0. The second-order valence-corrected chi connectivity index (χ2v) is 9.75. The van der Waals surface area contributed by atoms with Gasteiger partial charge in [0, 0.05) is 41.8 Å². The standard InChI is InChI=1S/C27H25F3N4O/c1-26(2,15-27(28,29)30)16-34-23-12-11-21(32-24(23)33(3)25(34)35)18-9-10-22-19(13-18)20(14-31-22)17-7-5-4-6-8-17/h4-14,31H,15-16H2,1-3H3. The Morgan fingerprint density at radius 3 is 2.43 bits per heavy atom. The maximum absolute atomic E-state index is 13.0. The lowest BCUT2D eigenvalue weighted by atomic mass is 9.89. The third-order valence-corrected chi connectivity index (χ3v) is 6.31. The average Bonchev–Trinajstić information content (AvgIpc) is 3.32. The number of aromatic amines is 1. The molecule has 3 aromatic heterocycles. The number of nitrogens with one attached hydrogen (secondary N) is 1. The minimum absolute atomic E-state index is 0.0561. The molecule has 5 nitrogen and oxygen atoms in total. The van der Waals surface area contributed by atoms with Crippen LogP contribution in [0.25, 0.3) is 44.5 Å². The number of rotatable bonds is 5. The summed E-state index contributed by atoms with van der Waals surface area (Å²) in [4.78, 5) is 21.0. The molecule has 1 N–H and O–H groups in total. The lowest BCUT2D eigenvalue weighted by molar-refractivity contribution is -0.155. The van der Waals surface area contributed by atoms with Gasteiger partial charge < -0.3 is 4.98 Å². The minimum atomic E-state index is -4.31. The zero-order chi connectivity index (χ0) is 25.0. The number of nitrogens with zero attached hydrogens (tertiary/aromatic N) is 3. The number of halogens is 3. The summed E-state index contributed by atoms with van der Waals surface area (Å²) in [5, 5.41) is 1.05. The third-order valence-electron chi connectivity index (χ3n) is 6.31. The molecule has 0 radical (unpaired) electrons. The number of aryl methyl sites for hydroxylation is 1. The highest BCUT2D eigenvalue weighted by atomic mass is 19.4. The van der Waals surface area contributed by atoms with Crippen LogP contribution in [0, 0.1) is 5.41 Å². The molecule has 0 unspecified atom stereocenters. The predicted octanol–water partition coefficient (Wildman–Crippen LogP) is 6.53. The lowest BCUT2D eigenvalue weighted by Gasteiger charge is -2.26. The number of hydrogen-bond acceptors (Lipinski definition) is 2. The van der Waals surface area contributed by atoms with E-state index >= 15 is 0 Å². The Labute approximate surface area is 199 Å². The van der Waals surface area contributed by atoms with Crippen LogP contribution in [0.4, 0.5) is 13.2 Å². The summed E-state index contributed by atoms with van der Waals surface area (Å²) >= 11 is 0. The summed E-state index contributed by atoms with van der Waals surface area (Å²) in [6.07, 6.45) is -3.31. The maximum atomic E-state index is 13.0. The summed E-state index contributed by atoms with van der Waals surface area (Å²) in [7, 11) is 1.59. The fourth-order valence-electron chi connectivity index (χ4n) is 4.75. The first-order valence-corrected chi connectivity index (χ1v) is 11.3. The van der Waals surface area contributed by atoms with Crippen molar-refractivity contribution in [3.8, 4) is 22.4 Å². The number of alkyl halides is 3. The third kappa shape index (κ3) is 4.36. The predicted molar refractivity (Wildman–Crippen MR) is 132 cm³/mol. The zero-order valence-corrected chi connectivity index (χ0v) is 19.6. The lowest BCUT2D eigenvalue weighted by Crippen LogP contribution is -2.32. The van der Waals surface area contributed by atoms with Crippen LogP contribution in [0.3, 0.4) is 0 Å². The van der Waals surface area contributed by atoms with Crippen LogP contribution in [0.5, 0.6) is 0 Å². The molecule has 0 saturated carbocycles. The monoisotopic (exact) mass is 478 g/mol. The van der Waals surface area contributed by atoms with Gasteiger partial charge in [-0.05, 0) is 35.2 Å². The van der Waals surface area contributed by atoms with Gasteiger partial charge in [0.1, 0.15) is 0 Å². The highest BCUT2D eigenvalue weighted by Gasteiger charge is 2.37. The number of fused-ring (bicyclic) bond motifs is 2. The van der Waals surface area contributed by atoms with Crippen molar-refractivity contribution in [1.29, 1.82) is 0 Å². The quantitative estimate of drug-likeness (QED) is 0.312. The average molecular weight is 479 g/mol. The van der Waals surface area contributed by atoms with Crippen molar-refractivity contribution >= 4 is 22.1 Å². The molecule has 0 aliphatic carbocycles. The van der Waals surface area contributed by atoms with Crippen LogP contribution in [0.15, 0.2) is 71.7 Å². The Morgan fingerprint density at radius 2 is 1.71 bits per heavy atom. The topological polar surface area (TPSA) is 55.6 Å². The van der Waals surface area contributed by atoms with Gasteiger partial charge in [-0.2, -0.15) is 13.2 Å². The Morgan fingerprint density at radius 1 is 0.971 bits per heavy atom. The Balaban J connectivity index is 1.57. The van der Waals surface area contributed by atoms with Crippen molar-refractivity contribution < 1.29 is 13.2 Å². The van der Waals surface area contributed by atoms with Crippen LogP contribution in [0.1, 0.15) is 20.3 Å². The van der Waals surface area contributed by atoms with E-state index < -0.39 is 18.0 Å². The van der Waals surface area contributed by atoms with Crippen molar-refractivity contribution in [3.63, 3.8) is 0 Å². The van der Waals surface area contributed by atoms with E-state index in [9.17, 15) is 18.0 Å². The second kappa shape index (κ2) is 8.15. The molecule has 0 spiro atoms. The summed E-state index contributed by atoms with van der Waals surface area (Å²) in [6.45, 7) is 2.98. The molecule has 5 aromatic rings. The van der Waals surface area contributed by atoms with Gasteiger partial charge in [0.2, 0.25) is 0 Å². The second-order valence-electron chi connectivity index (χ2n) is 9.75. The molecule has 8 heteroatoms. The van der Waals surface area contributed by atoms with E-state index in [1.54, 1.807) is 13.1 Å². The molecule has 0 atom stereocenters. The number of H-pyrrole nitrogens is 1. The molecule has 180 valence electrons. The van der Waals surface area contributed by atoms with Gasteiger partial charge in [0.05, 0.1) is 17.6 Å². The molecule has 2 aromatic carbocycles. The van der Waals surface area contributed by atoms with Gasteiger partial charge >= 0.3 is 11.9 Å². The molecule has 0 fully saturated rings. The summed E-state index contributed by atoms with van der Waals surface area (Å²) in [5.74, 6) is 0. The zero-order valence-electron chi connectivity index (χ0n) is 19.6. The summed E-state index contributed by atoms with van der Waals surface area (Å²) < 4.78 is 41.9. The normalized spacial score (nSPS) is 12.6. The Hall–Kier alpha value is -3.81. The van der Waals surface area contributed by atoms with Crippen LogP contribution in [-0.2, 0) is 13.6 Å². The molecule has 0 bridgehead atoms.